The quantitative estimate of drug-likeness (QED) is 0.742. The predicted molar refractivity (Wildman–Crippen MR) is 101 cm³/mol. The zero-order valence-corrected chi connectivity index (χ0v) is 14.9. The molecule has 0 aliphatic heterocycles. The molecule has 1 fully saturated rings. The highest BCUT2D eigenvalue weighted by atomic mass is 16.5. The van der Waals surface area contributed by atoms with Gasteiger partial charge >= 0.3 is 0 Å². The topological polar surface area (TPSA) is 81.9 Å². The van der Waals surface area contributed by atoms with Gasteiger partial charge in [-0.2, -0.15) is 5.10 Å². The molecule has 1 aromatic carbocycles. The maximum atomic E-state index is 12.3. The first-order chi connectivity index (χ1) is 13.3. The first kappa shape index (κ1) is 17.2. The van der Waals surface area contributed by atoms with Crippen LogP contribution < -0.4 is 10.1 Å². The molecule has 1 N–H and O–H groups in total. The van der Waals surface area contributed by atoms with Crippen LogP contribution in [-0.2, 0) is 4.79 Å². The number of hydrogen-bond acceptors (Lipinski definition) is 5. The maximum absolute atomic E-state index is 12.3. The Labute approximate surface area is 157 Å². The summed E-state index contributed by atoms with van der Waals surface area (Å²) < 4.78 is 7.43. The van der Waals surface area contributed by atoms with E-state index in [1.165, 1.54) is 12.7 Å². The van der Waals surface area contributed by atoms with Gasteiger partial charge in [-0.05, 0) is 43.2 Å². The van der Waals surface area contributed by atoms with E-state index in [0.717, 1.165) is 31.4 Å². The summed E-state index contributed by atoms with van der Waals surface area (Å²) in [4.78, 5) is 20.6. The van der Waals surface area contributed by atoms with Gasteiger partial charge in [-0.25, -0.2) is 14.6 Å². The van der Waals surface area contributed by atoms with E-state index in [4.69, 9.17) is 4.74 Å². The number of ether oxygens (including phenoxy) is 1. The van der Waals surface area contributed by atoms with Crippen molar-refractivity contribution in [1.82, 2.24) is 19.7 Å². The smallest absolute Gasteiger partial charge is 0.227 e. The second-order valence-electron chi connectivity index (χ2n) is 6.62. The van der Waals surface area contributed by atoms with Gasteiger partial charge in [-0.3, -0.25) is 4.79 Å². The number of anilines is 1. The van der Waals surface area contributed by atoms with Crippen molar-refractivity contribution in [3.8, 4) is 17.4 Å². The lowest BCUT2D eigenvalue weighted by Gasteiger charge is -2.20. The highest BCUT2D eigenvalue weighted by molar-refractivity contribution is 5.92. The third kappa shape index (κ3) is 4.31. The Kier molecular flexibility index (Phi) is 5.09. The summed E-state index contributed by atoms with van der Waals surface area (Å²) in [5.74, 6) is 1.94. The first-order valence-corrected chi connectivity index (χ1v) is 9.19. The maximum Gasteiger partial charge on any atom is 0.227 e. The number of amides is 1. The van der Waals surface area contributed by atoms with E-state index in [-0.39, 0.29) is 11.8 Å². The number of carbonyl (C=O) groups is 1. The lowest BCUT2D eigenvalue weighted by Crippen LogP contribution is -2.24. The fourth-order valence-corrected chi connectivity index (χ4v) is 3.25. The number of nitrogens with one attached hydrogen (secondary N) is 1. The molecule has 27 heavy (non-hydrogen) atoms. The molecule has 2 heterocycles. The third-order valence-electron chi connectivity index (χ3n) is 4.69. The Morgan fingerprint density at radius 3 is 2.67 bits per heavy atom. The van der Waals surface area contributed by atoms with Crippen molar-refractivity contribution in [3.63, 3.8) is 0 Å². The molecule has 0 spiro atoms. The Morgan fingerprint density at radius 2 is 1.93 bits per heavy atom. The zero-order chi connectivity index (χ0) is 18.5. The fraction of sp³-hybridized carbons (Fsp3) is 0.300. The van der Waals surface area contributed by atoms with Gasteiger partial charge in [0.1, 0.15) is 12.1 Å². The lowest BCUT2D eigenvalue weighted by molar-refractivity contribution is -0.120. The van der Waals surface area contributed by atoms with Crippen LogP contribution in [0, 0.1) is 5.92 Å². The zero-order valence-electron chi connectivity index (χ0n) is 14.9. The van der Waals surface area contributed by atoms with Crippen LogP contribution in [0.15, 0.2) is 55.1 Å². The van der Waals surface area contributed by atoms with Gasteiger partial charge in [-0.1, -0.05) is 19.3 Å². The number of nitrogens with zero attached hydrogens (tertiary/aromatic N) is 4. The summed E-state index contributed by atoms with van der Waals surface area (Å²) >= 11 is 0. The van der Waals surface area contributed by atoms with E-state index < -0.39 is 0 Å². The Morgan fingerprint density at radius 1 is 1.11 bits per heavy atom. The summed E-state index contributed by atoms with van der Waals surface area (Å²) in [6, 6.07) is 10.8. The Balaban J connectivity index is 1.39. The monoisotopic (exact) mass is 363 g/mol. The van der Waals surface area contributed by atoms with Crippen molar-refractivity contribution in [2.45, 2.75) is 32.1 Å². The minimum atomic E-state index is 0.114. The number of carbonyl (C=O) groups excluding carboxylic acids is 1. The van der Waals surface area contributed by atoms with Crippen LogP contribution in [0.2, 0.25) is 0 Å². The summed E-state index contributed by atoms with van der Waals surface area (Å²) in [5.41, 5.74) is 0.776. The van der Waals surface area contributed by atoms with Gasteiger partial charge in [0, 0.05) is 30.1 Å². The molecule has 138 valence electrons. The van der Waals surface area contributed by atoms with Crippen molar-refractivity contribution < 1.29 is 9.53 Å². The van der Waals surface area contributed by atoms with Crippen LogP contribution in [0.1, 0.15) is 32.1 Å². The molecule has 0 unspecified atom stereocenters. The molecular formula is C20H21N5O2. The number of aromatic nitrogens is 4. The standard InChI is InChI=1S/C20H21N5O2/c26-20(15-5-2-1-3-6-15)24-16-7-9-17(10-8-16)27-19-13-18(21-14-22-19)25-12-4-11-23-25/h4,7-15H,1-3,5-6H2,(H,24,26). The number of benzene rings is 1. The van der Waals surface area contributed by atoms with Gasteiger partial charge in [0.05, 0.1) is 0 Å². The minimum absolute atomic E-state index is 0.114. The molecule has 3 aromatic rings. The van der Waals surface area contributed by atoms with E-state index in [9.17, 15) is 4.79 Å². The highest BCUT2D eigenvalue weighted by Gasteiger charge is 2.20. The lowest BCUT2D eigenvalue weighted by atomic mass is 9.88. The van der Waals surface area contributed by atoms with Gasteiger partial charge in [0.25, 0.3) is 0 Å². The second kappa shape index (κ2) is 7.99. The first-order valence-electron chi connectivity index (χ1n) is 9.19. The van der Waals surface area contributed by atoms with Crippen molar-refractivity contribution in [2.75, 3.05) is 5.32 Å². The third-order valence-corrected chi connectivity index (χ3v) is 4.69. The molecule has 7 nitrogen and oxygen atoms in total. The van der Waals surface area contributed by atoms with Gasteiger partial charge < -0.3 is 10.1 Å². The fourth-order valence-electron chi connectivity index (χ4n) is 3.25. The average Bonchev–Trinajstić information content (AvgIpc) is 3.25. The van der Waals surface area contributed by atoms with Crippen LogP contribution in [0.5, 0.6) is 11.6 Å². The summed E-state index contributed by atoms with van der Waals surface area (Å²) in [6.07, 6.45) is 10.4. The second-order valence-corrected chi connectivity index (χ2v) is 6.62. The van der Waals surface area contributed by atoms with E-state index >= 15 is 0 Å². The van der Waals surface area contributed by atoms with Gasteiger partial charge in [-0.15, -0.1) is 0 Å². The molecule has 1 amide bonds. The van der Waals surface area contributed by atoms with Crippen LogP contribution in [0.3, 0.4) is 0 Å². The van der Waals surface area contributed by atoms with Crippen molar-refractivity contribution >= 4 is 11.6 Å². The molecule has 4 rings (SSSR count). The van der Waals surface area contributed by atoms with E-state index in [0.29, 0.717) is 17.4 Å². The van der Waals surface area contributed by atoms with Crippen molar-refractivity contribution in [1.29, 1.82) is 0 Å². The van der Waals surface area contributed by atoms with Gasteiger partial charge in [0.15, 0.2) is 5.82 Å². The van der Waals surface area contributed by atoms with Crippen LogP contribution >= 0.6 is 0 Å². The van der Waals surface area contributed by atoms with Crippen molar-refractivity contribution in [2.24, 2.45) is 5.92 Å². The largest absolute Gasteiger partial charge is 0.439 e. The molecule has 0 saturated heterocycles. The molecule has 0 bridgehead atoms. The van der Waals surface area contributed by atoms with Crippen LogP contribution in [0.4, 0.5) is 5.69 Å². The molecule has 0 atom stereocenters. The van der Waals surface area contributed by atoms with Gasteiger partial charge in [0.2, 0.25) is 11.8 Å². The molecule has 1 saturated carbocycles. The molecular weight excluding hydrogens is 342 g/mol. The van der Waals surface area contributed by atoms with Crippen molar-refractivity contribution in [3.05, 3.63) is 55.1 Å². The van der Waals surface area contributed by atoms with E-state index in [2.05, 4.69) is 20.4 Å². The number of rotatable bonds is 5. The highest BCUT2D eigenvalue weighted by Crippen LogP contribution is 2.26. The average molecular weight is 363 g/mol. The minimum Gasteiger partial charge on any atom is -0.439 e. The van der Waals surface area contributed by atoms with Crippen LogP contribution in [0.25, 0.3) is 5.82 Å². The normalized spacial score (nSPS) is 14.7. The number of hydrogen-bond donors (Lipinski definition) is 1. The molecule has 2 aromatic heterocycles. The predicted octanol–water partition coefficient (Wildman–Crippen LogP) is 3.97. The molecule has 1 aliphatic carbocycles. The Bertz CT molecular complexity index is 887. The van der Waals surface area contributed by atoms with E-state index in [1.54, 1.807) is 23.1 Å². The summed E-state index contributed by atoms with van der Waals surface area (Å²) in [7, 11) is 0. The molecule has 0 radical (unpaired) electrons. The molecule has 1 aliphatic rings. The van der Waals surface area contributed by atoms with Crippen LogP contribution in [-0.4, -0.2) is 25.7 Å². The SMILES string of the molecule is O=C(Nc1ccc(Oc2cc(-n3cccn3)ncn2)cc1)C1CCCCC1. The summed E-state index contributed by atoms with van der Waals surface area (Å²) in [6.45, 7) is 0. The molecule has 7 heteroatoms. The Hall–Kier alpha value is -3.22. The van der Waals surface area contributed by atoms with E-state index in [1.807, 2.05) is 30.3 Å². The summed E-state index contributed by atoms with van der Waals surface area (Å²) in [5, 5.41) is 7.14.